The Morgan fingerprint density at radius 3 is 2.82 bits per heavy atom. The zero-order valence-corrected chi connectivity index (χ0v) is 15.7. The Morgan fingerprint density at radius 1 is 1.55 bits per heavy atom. The molecule has 0 saturated carbocycles. The van der Waals surface area contributed by atoms with Gasteiger partial charge in [-0.15, -0.1) is 35.7 Å². The van der Waals surface area contributed by atoms with Gasteiger partial charge in [0, 0.05) is 22.9 Å². The molecule has 1 atom stereocenters. The summed E-state index contributed by atoms with van der Waals surface area (Å²) in [5, 5.41) is 3.25. The average molecular weight is 373 g/mol. The van der Waals surface area contributed by atoms with Gasteiger partial charge in [0.05, 0.1) is 20.8 Å². The maximum absolute atomic E-state index is 11.8. The van der Waals surface area contributed by atoms with Crippen molar-refractivity contribution in [1.29, 1.82) is 0 Å². The molecule has 22 heavy (non-hydrogen) atoms. The number of thioether (sulfide) groups is 1. The minimum absolute atomic E-state index is 0.422. The Balaban J connectivity index is 2.33. The zero-order valence-electron chi connectivity index (χ0n) is 12.3. The largest absolute Gasteiger partial charge is 0.455 e. The normalized spacial score (nSPS) is 20.5. The molecule has 1 aliphatic heterocycles. The topological polar surface area (TPSA) is 55.6 Å². The highest BCUT2D eigenvalue weighted by Crippen LogP contribution is 2.53. The number of primary amides is 1. The number of hydrogen-bond acceptors (Lipinski definition) is 7. The summed E-state index contributed by atoms with van der Waals surface area (Å²) in [7, 11) is 0. The second-order valence-electron chi connectivity index (χ2n) is 5.46. The standard InChI is InChI=1S/C14H16N2O2S4/c1-6(2)22-13-10-8(5-21-13)7(12(15)17)4-9-11(10)18-14(3,19)16(9)20/h4-6,19-20H,1-3H3,(H2,15,17). The first kappa shape index (κ1) is 16.2. The van der Waals surface area contributed by atoms with Crippen molar-refractivity contribution in [2.45, 2.75) is 35.3 Å². The van der Waals surface area contributed by atoms with Crippen molar-refractivity contribution < 1.29 is 9.53 Å². The number of rotatable bonds is 3. The molecule has 2 aromatic rings. The molecule has 1 unspecified atom stereocenters. The smallest absolute Gasteiger partial charge is 0.249 e. The summed E-state index contributed by atoms with van der Waals surface area (Å²) < 4.78 is 8.71. The second kappa shape index (κ2) is 5.43. The molecule has 0 saturated heterocycles. The molecule has 1 amide bonds. The van der Waals surface area contributed by atoms with Crippen LogP contribution in [-0.4, -0.2) is 16.2 Å². The summed E-state index contributed by atoms with van der Waals surface area (Å²) in [4.78, 5) is 11.8. The third-order valence-electron chi connectivity index (χ3n) is 3.31. The van der Waals surface area contributed by atoms with E-state index in [1.165, 1.54) is 0 Å². The molecule has 0 bridgehead atoms. The van der Waals surface area contributed by atoms with Gasteiger partial charge in [-0.05, 0) is 6.07 Å². The van der Waals surface area contributed by atoms with E-state index in [1.807, 2.05) is 5.38 Å². The van der Waals surface area contributed by atoms with E-state index in [0.717, 1.165) is 15.0 Å². The summed E-state index contributed by atoms with van der Waals surface area (Å²) in [6.07, 6.45) is 0. The van der Waals surface area contributed by atoms with Crippen LogP contribution >= 0.6 is 48.5 Å². The average Bonchev–Trinajstić information content (AvgIpc) is 2.89. The number of carbonyl (C=O) groups excluding carboxylic acids is 1. The van der Waals surface area contributed by atoms with Gasteiger partial charge in [0.2, 0.25) is 11.0 Å². The first-order valence-electron chi connectivity index (χ1n) is 6.67. The Kier molecular flexibility index (Phi) is 3.99. The van der Waals surface area contributed by atoms with Gasteiger partial charge < -0.3 is 10.5 Å². The van der Waals surface area contributed by atoms with Gasteiger partial charge >= 0.3 is 0 Å². The first-order valence-corrected chi connectivity index (χ1v) is 9.28. The number of carbonyl (C=O) groups is 1. The lowest BCUT2D eigenvalue weighted by Crippen LogP contribution is -2.35. The van der Waals surface area contributed by atoms with Crippen LogP contribution < -0.4 is 14.8 Å². The Hall–Kier alpha value is -0.700. The van der Waals surface area contributed by atoms with E-state index < -0.39 is 11.0 Å². The van der Waals surface area contributed by atoms with Crippen LogP contribution in [0.15, 0.2) is 15.7 Å². The maximum atomic E-state index is 11.8. The van der Waals surface area contributed by atoms with Gasteiger partial charge in [-0.25, -0.2) is 0 Å². The number of thiol groups is 2. The fourth-order valence-electron chi connectivity index (χ4n) is 2.39. The molecule has 0 fully saturated rings. The highest BCUT2D eigenvalue weighted by molar-refractivity contribution is 8.01. The highest BCUT2D eigenvalue weighted by atomic mass is 32.2. The van der Waals surface area contributed by atoms with Crippen molar-refractivity contribution in [1.82, 2.24) is 0 Å². The summed E-state index contributed by atoms with van der Waals surface area (Å²) >= 11 is 12.3. The number of amides is 1. The molecule has 1 aromatic carbocycles. The van der Waals surface area contributed by atoms with E-state index in [4.69, 9.17) is 10.5 Å². The lowest BCUT2D eigenvalue weighted by molar-refractivity contribution is 0.100. The lowest BCUT2D eigenvalue weighted by Gasteiger charge is -2.24. The van der Waals surface area contributed by atoms with Crippen molar-refractivity contribution in [2.24, 2.45) is 5.73 Å². The quantitative estimate of drug-likeness (QED) is 0.560. The van der Waals surface area contributed by atoms with E-state index in [9.17, 15) is 4.79 Å². The monoisotopic (exact) mass is 372 g/mol. The molecule has 0 spiro atoms. The number of ether oxygens (including phenoxy) is 1. The molecule has 4 nitrogen and oxygen atoms in total. The molecule has 1 aromatic heterocycles. The highest BCUT2D eigenvalue weighted by Gasteiger charge is 2.40. The van der Waals surface area contributed by atoms with Crippen LogP contribution in [0.5, 0.6) is 5.75 Å². The van der Waals surface area contributed by atoms with Crippen LogP contribution in [0.2, 0.25) is 0 Å². The fourth-order valence-corrected chi connectivity index (χ4v) is 5.26. The third-order valence-corrected chi connectivity index (χ3v) is 6.60. The van der Waals surface area contributed by atoms with E-state index in [1.54, 1.807) is 40.4 Å². The van der Waals surface area contributed by atoms with E-state index in [0.29, 0.717) is 22.3 Å². The predicted molar refractivity (Wildman–Crippen MR) is 101 cm³/mol. The fraction of sp³-hybridized carbons (Fsp3) is 0.357. The number of thiophene rings is 1. The number of benzene rings is 1. The minimum atomic E-state index is -0.879. The van der Waals surface area contributed by atoms with Crippen LogP contribution in [0.4, 0.5) is 5.69 Å². The van der Waals surface area contributed by atoms with Crippen molar-refractivity contribution in [3.8, 4) is 5.75 Å². The number of anilines is 1. The number of nitrogens with two attached hydrogens (primary N) is 1. The molecule has 0 radical (unpaired) electrons. The van der Waals surface area contributed by atoms with Crippen LogP contribution in [0.25, 0.3) is 10.8 Å². The second-order valence-corrected chi connectivity index (χ2v) is 9.42. The maximum Gasteiger partial charge on any atom is 0.249 e. The molecular weight excluding hydrogens is 356 g/mol. The lowest BCUT2D eigenvalue weighted by atomic mass is 10.1. The molecule has 2 heterocycles. The molecule has 1 aliphatic rings. The Bertz CT molecular complexity index is 770. The van der Waals surface area contributed by atoms with Gasteiger partial charge in [-0.3, -0.25) is 9.10 Å². The number of nitrogens with zero attached hydrogens (tertiary/aromatic N) is 1. The number of fused-ring (bicyclic) bond motifs is 3. The van der Waals surface area contributed by atoms with Crippen LogP contribution in [0, 0.1) is 0 Å². The van der Waals surface area contributed by atoms with Crippen LogP contribution in [0.3, 0.4) is 0 Å². The Morgan fingerprint density at radius 2 is 2.23 bits per heavy atom. The molecule has 8 heteroatoms. The van der Waals surface area contributed by atoms with Crippen LogP contribution in [-0.2, 0) is 0 Å². The summed E-state index contributed by atoms with van der Waals surface area (Å²) in [6, 6.07) is 1.73. The van der Waals surface area contributed by atoms with Gasteiger partial charge in [0.15, 0.2) is 5.75 Å². The predicted octanol–water partition coefficient (Wildman–Crippen LogP) is 4.15. The number of hydrogen-bond donors (Lipinski definition) is 3. The van der Waals surface area contributed by atoms with Crippen molar-refractivity contribution in [3.05, 3.63) is 17.0 Å². The van der Waals surface area contributed by atoms with Crippen molar-refractivity contribution >= 4 is 70.9 Å². The molecule has 2 N–H and O–H groups in total. The van der Waals surface area contributed by atoms with Crippen LogP contribution in [0.1, 0.15) is 31.1 Å². The van der Waals surface area contributed by atoms with Gasteiger partial charge in [0.25, 0.3) is 0 Å². The third kappa shape index (κ3) is 2.46. The zero-order chi connectivity index (χ0) is 16.2. The molecule has 3 rings (SSSR count). The van der Waals surface area contributed by atoms with E-state index >= 15 is 0 Å². The van der Waals surface area contributed by atoms with Crippen molar-refractivity contribution in [3.63, 3.8) is 0 Å². The van der Waals surface area contributed by atoms with Gasteiger partial charge in [-0.1, -0.05) is 26.7 Å². The van der Waals surface area contributed by atoms with Crippen molar-refractivity contribution in [2.75, 3.05) is 4.31 Å². The van der Waals surface area contributed by atoms with Gasteiger partial charge in [-0.2, -0.15) is 0 Å². The summed E-state index contributed by atoms with van der Waals surface area (Å²) in [6.45, 7) is 6.06. The summed E-state index contributed by atoms with van der Waals surface area (Å²) in [5.41, 5.74) is 6.75. The molecule has 0 aliphatic carbocycles. The molecular formula is C14H16N2O2S4. The SMILES string of the molecule is CC(C)Sc1scc2c(C(N)=O)cc3c(c12)OC(C)(S)N3S. The van der Waals surface area contributed by atoms with Gasteiger partial charge in [0.1, 0.15) is 0 Å². The molecule has 118 valence electrons. The van der Waals surface area contributed by atoms with E-state index in [2.05, 4.69) is 39.3 Å². The Labute approximate surface area is 148 Å². The summed E-state index contributed by atoms with van der Waals surface area (Å²) in [5.74, 6) is 0.248. The van der Waals surface area contributed by atoms with E-state index in [-0.39, 0.29) is 0 Å². The first-order chi connectivity index (χ1) is 10.2. The minimum Gasteiger partial charge on any atom is -0.455 e.